The lowest BCUT2D eigenvalue weighted by molar-refractivity contribution is -0.148. The van der Waals surface area contributed by atoms with Crippen molar-refractivity contribution in [3.05, 3.63) is 47.2 Å². The number of carboxylic acid groups (broad SMARTS) is 1. The van der Waals surface area contributed by atoms with Gasteiger partial charge in [-0.15, -0.1) is 0 Å². The number of carbonyl (C=O) groups excluding carboxylic acids is 2. The molecule has 0 saturated heterocycles. The summed E-state index contributed by atoms with van der Waals surface area (Å²) in [5.74, 6) is -2.78. The van der Waals surface area contributed by atoms with Crippen LogP contribution in [0.15, 0.2) is 40.2 Å². The molecule has 32 heavy (non-hydrogen) atoms. The second-order valence-corrected chi connectivity index (χ2v) is 8.63. The van der Waals surface area contributed by atoms with Crippen molar-refractivity contribution < 1.29 is 23.9 Å². The molecule has 2 aliphatic carbocycles. The number of carbonyl (C=O) groups is 3. The summed E-state index contributed by atoms with van der Waals surface area (Å²) in [7, 11) is 0. The van der Waals surface area contributed by atoms with Crippen molar-refractivity contribution in [2.75, 3.05) is 5.32 Å². The van der Waals surface area contributed by atoms with Gasteiger partial charge in [0.25, 0.3) is 5.91 Å². The monoisotopic (exact) mass is 440 g/mol. The first kappa shape index (κ1) is 21.9. The molecular formula is C23H28N4O5. The summed E-state index contributed by atoms with van der Waals surface area (Å²) in [5, 5.41) is 19.7. The highest BCUT2D eigenvalue weighted by atomic mass is 16.4. The van der Waals surface area contributed by atoms with Gasteiger partial charge in [0, 0.05) is 12.7 Å². The summed E-state index contributed by atoms with van der Waals surface area (Å²) in [4.78, 5) is 38.1. The molecule has 0 spiro atoms. The maximum absolute atomic E-state index is 13.3. The van der Waals surface area contributed by atoms with Crippen molar-refractivity contribution in [3.63, 3.8) is 0 Å². The normalized spacial score (nSPS) is 23.9. The highest BCUT2D eigenvalue weighted by molar-refractivity contribution is 6.03. The average Bonchev–Trinajstić information content (AvgIpc) is 3.53. The van der Waals surface area contributed by atoms with E-state index in [9.17, 15) is 19.5 Å². The molecule has 0 aromatic carbocycles. The summed E-state index contributed by atoms with van der Waals surface area (Å²) in [6.07, 6.45) is 4.72. The molecule has 2 amide bonds. The molecule has 4 rings (SSSR count). The molecule has 0 unspecified atom stereocenters. The fourth-order valence-electron chi connectivity index (χ4n) is 5.33. The van der Waals surface area contributed by atoms with Crippen LogP contribution in [0.4, 0.5) is 5.69 Å². The van der Waals surface area contributed by atoms with Crippen molar-refractivity contribution in [3.8, 4) is 0 Å². The Labute approximate surface area is 185 Å². The summed E-state index contributed by atoms with van der Waals surface area (Å²) in [5.41, 5.74) is 2.57. The summed E-state index contributed by atoms with van der Waals surface area (Å²) in [6, 6.07) is 3.48. The molecule has 9 nitrogen and oxygen atoms in total. The van der Waals surface area contributed by atoms with Crippen molar-refractivity contribution >= 4 is 23.5 Å². The fraction of sp³-hybridized carbons (Fsp3) is 0.478. The molecule has 0 aliphatic heterocycles. The Hall–Kier alpha value is -3.36. The molecule has 0 radical (unpaired) electrons. The molecule has 4 atom stereocenters. The van der Waals surface area contributed by atoms with Gasteiger partial charge in [-0.1, -0.05) is 11.1 Å². The fourth-order valence-corrected chi connectivity index (χ4v) is 5.33. The van der Waals surface area contributed by atoms with Gasteiger partial charge in [0.05, 0.1) is 30.3 Å². The maximum atomic E-state index is 13.3. The van der Waals surface area contributed by atoms with Gasteiger partial charge in [0.15, 0.2) is 5.69 Å². The number of rotatable bonds is 7. The van der Waals surface area contributed by atoms with Crippen molar-refractivity contribution in [2.24, 2.45) is 23.7 Å². The Kier molecular flexibility index (Phi) is 5.90. The molecule has 3 N–H and O–H groups in total. The number of amides is 2. The van der Waals surface area contributed by atoms with Crippen molar-refractivity contribution in [1.29, 1.82) is 0 Å². The number of hydrogen-bond donors (Lipinski definition) is 3. The zero-order valence-corrected chi connectivity index (χ0v) is 18.4. The minimum Gasteiger partial charge on any atom is -0.481 e. The predicted octanol–water partition coefficient (Wildman–Crippen LogP) is 3.06. The summed E-state index contributed by atoms with van der Waals surface area (Å²) >= 11 is 0. The van der Waals surface area contributed by atoms with E-state index < -0.39 is 23.7 Å². The Morgan fingerprint density at radius 1 is 1.22 bits per heavy atom. The van der Waals surface area contributed by atoms with Gasteiger partial charge in [0.2, 0.25) is 5.91 Å². The highest BCUT2D eigenvalue weighted by Crippen LogP contribution is 2.57. The second-order valence-electron chi connectivity index (χ2n) is 8.63. The Morgan fingerprint density at radius 3 is 2.53 bits per heavy atom. The third kappa shape index (κ3) is 3.83. The first-order valence-corrected chi connectivity index (χ1v) is 10.9. The molecule has 2 aromatic rings. The van der Waals surface area contributed by atoms with Crippen LogP contribution in [-0.4, -0.2) is 32.7 Å². The number of nitrogens with one attached hydrogen (secondary N) is 2. The van der Waals surface area contributed by atoms with Gasteiger partial charge >= 0.3 is 5.97 Å². The van der Waals surface area contributed by atoms with Crippen molar-refractivity contribution in [2.45, 2.75) is 46.7 Å². The molecule has 2 aliphatic rings. The van der Waals surface area contributed by atoms with E-state index in [4.69, 9.17) is 4.42 Å². The minimum atomic E-state index is -0.947. The van der Waals surface area contributed by atoms with E-state index >= 15 is 0 Å². The Morgan fingerprint density at radius 2 is 1.94 bits per heavy atom. The van der Waals surface area contributed by atoms with Gasteiger partial charge in [-0.3, -0.25) is 19.1 Å². The van der Waals surface area contributed by atoms with Crippen LogP contribution in [0.1, 0.15) is 49.9 Å². The van der Waals surface area contributed by atoms with Gasteiger partial charge in [-0.25, -0.2) is 0 Å². The largest absolute Gasteiger partial charge is 0.481 e. The number of fused-ring (bicyclic) bond motifs is 2. The second kappa shape index (κ2) is 8.64. The number of furan rings is 1. The van der Waals surface area contributed by atoms with Gasteiger partial charge in [0.1, 0.15) is 5.76 Å². The Balaban J connectivity index is 1.56. The van der Waals surface area contributed by atoms with E-state index in [1.54, 1.807) is 23.0 Å². The third-order valence-corrected chi connectivity index (χ3v) is 6.57. The highest BCUT2D eigenvalue weighted by Gasteiger charge is 2.57. The summed E-state index contributed by atoms with van der Waals surface area (Å²) in [6.45, 7) is 6.54. The number of anilines is 1. The first-order chi connectivity index (χ1) is 15.3. The van der Waals surface area contributed by atoms with E-state index in [0.29, 0.717) is 12.3 Å². The average molecular weight is 441 g/mol. The van der Waals surface area contributed by atoms with Crippen LogP contribution in [-0.2, 0) is 22.7 Å². The number of hydrogen-bond acceptors (Lipinski definition) is 5. The van der Waals surface area contributed by atoms with Crippen LogP contribution in [0.2, 0.25) is 0 Å². The van der Waals surface area contributed by atoms with Crippen LogP contribution in [0.5, 0.6) is 0 Å². The predicted molar refractivity (Wildman–Crippen MR) is 116 cm³/mol. The number of aryl methyl sites for hydroxylation is 1. The van der Waals surface area contributed by atoms with Gasteiger partial charge in [-0.05, 0) is 57.6 Å². The lowest BCUT2D eigenvalue weighted by Gasteiger charge is -2.26. The molecule has 9 heteroatoms. The first-order valence-electron chi connectivity index (χ1n) is 10.9. The van der Waals surface area contributed by atoms with Crippen molar-refractivity contribution in [1.82, 2.24) is 15.1 Å². The number of nitrogens with zero attached hydrogens (tertiary/aromatic N) is 2. The molecule has 2 fully saturated rings. The molecule has 2 bridgehead atoms. The maximum Gasteiger partial charge on any atom is 0.307 e. The summed E-state index contributed by atoms with van der Waals surface area (Å²) < 4.78 is 6.79. The van der Waals surface area contributed by atoms with E-state index in [1.807, 2.05) is 20.8 Å². The van der Waals surface area contributed by atoms with Crippen LogP contribution >= 0.6 is 0 Å². The SMILES string of the molecule is CCn1cc(NC(=O)[C@H]2[C@@H](C(=O)O)[C@@H]3CC[C@@H]2C3=C(C)C)c(C(=O)NCc2ccco2)n1. The minimum absolute atomic E-state index is 0.0800. The number of aromatic nitrogens is 2. The number of aliphatic carboxylic acids is 1. The zero-order valence-electron chi connectivity index (χ0n) is 18.4. The number of carboxylic acids is 1. The Bertz CT molecular complexity index is 1060. The van der Waals surface area contributed by atoms with E-state index in [1.165, 1.54) is 6.26 Å². The van der Waals surface area contributed by atoms with Crippen LogP contribution in [0.3, 0.4) is 0 Å². The van der Waals surface area contributed by atoms with E-state index in [2.05, 4.69) is 15.7 Å². The van der Waals surface area contributed by atoms with E-state index in [0.717, 1.165) is 24.0 Å². The van der Waals surface area contributed by atoms with Gasteiger partial charge in [-0.2, -0.15) is 5.10 Å². The third-order valence-electron chi connectivity index (χ3n) is 6.57. The lowest BCUT2D eigenvalue weighted by Crippen LogP contribution is -2.38. The molecular weight excluding hydrogens is 412 g/mol. The smallest absolute Gasteiger partial charge is 0.307 e. The standard InChI is InChI=1S/C23H28N4O5/c1-4-27-11-16(20(26-27)22(29)24-10-13-6-5-9-32-13)25-21(28)18-14-7-8-15(17(14)12(2)3)19(18)23(30)31/h5-6,9,11,14-15,18-19H,4,7-8,10H2,1-3H3,(H,24,29)(H,25,28)(H,30,31)/t14-,15-,18-,19+/m1/s1. The molecule has 2 saturated carbocycles. The topological polar surface area (TPSA) is 126 Å². The number of allylic oxidation sites excluding steroid dienone is 2. The molecule has 2 aromatic heterocycles. The molecule has 2 heterocycles. The van der Waals surface area contributed by atoms with Gasteiger partial charge < -0.3 is 20.2 Å². The lowest BCUT2D eigenvalue weighted by atomic mass is 9.78. The molecule has 170 valence electrons. The quantitative estimate of drug-likeness (QED) is 0.568. The zero-order chi connectivity index (χ0) is 23.0. The van der Waals surface area contributed by atoms with E-state index in [-0.39, 0.29) is 35.7 Å². The van der Waals surface area contributed by atoms with Crippen LogP contribution in [0, 0.1) is 23.7 Å². The van der Waals surface area contributed by atoms with Crippen LogP contribution < -0.4 is 10.6 Å². The van der Waals surface area contributed by atoms with Crippen LogP contribution in [0.25, 0.3) is 0 Å².